The van der Waals surface area contributed by atoms with Crippen LogP contribution in [-0.2, 0) is 4.79 Å². The molecule has 0 unspecified atom stereocenters. The Morgan fingerprint density at radius 1 is 0.762 bits per heavy atom. The molecule has 1 amide bonds. The number of hydrogen-bond donors (Lipinski definition) is 1. The largest absolute Gasteiger partial charge is 0.321 e. The van der Waals surface area contributed by atoms with Crippen LogP contribution in [0, 0.1) is 0 Å². The van der Waals surface area contributed by atoms with Crippen LogP contribution in [0.5, 0.6) is 0 Å². The van der Waals surface area contributed by atoms with Crippen molar-refractivity contribution in [2.75, 3.05) is 5.32 Å². The fraction of sp³-hybridized carbons (Fsp3) is 0. The van der Waals surface area contributed by atoms with Gasteiger partial charge >= 0.3 is 0 Å². The summed E-state index contributed by atoms with van der Waals surface area (Å²) in [6, 6.07) is 22.2. The van der Waals surface area contributed by atoms with Gasteiger partial charge in [-0.3, -0.25) is 4.79 Å². The van der Waals surface area contributed by atoms with Crippen LogP contribution in [0.4, 0.5) is 5.69 Å². The van der Waals surface area contributed by atoms with Gasteiger partial charge in [-0.25, -0.2) is 0 Å². The number of para-hydroxylation sites is 1. The van der Waals surface area contributed by atoms with E-state index in [2.05, 4.69) is 29.6 Å². The SMILES string of the molecule is O=C1Nc2ccccc2/C1=C\c1ccc2cccccc1-2. The van der Waals surface area contributed by atoms with Gasteiger partial charge in [0.25, 0.3) is 5.91 Å². The summed E-state index contributed by atoms with van der Waals surface area (Å²) in [6.45, 7) is 0. The van der Waals surface area contributed by atoms with E-state index >= 15 is 0 Å². The molecule has 1 aromatic rings. The molecule has 0 radical (unpaired) electrons. The van der Waals surface area contributed by atoms with Crippen molar-refractivity contribution < 1.29 is 4.79 Å². The number of amides is 1. The summed E-state index contributed by atoms with van der Waals surface area (Å²) in [5.74, 6) is -0.0362. The van der Waals surface area contributed by atoms with Crippen LogP contribution < -0.4 is 5.32 Å². The third kappa shape index (κ3) is 1.93. The van der Waals surface area contributed by atoms with Gasteiger partial charge in [0.2, 0.25) is 0 Å². The average Bonchev–Trinajstić information content (AvgIpc) is 2.91. The number of carbonyl (C=O) groups is 1. The first-order valence-electron chi connectivity index (χ1n) is 6.93. The molecular weight excluding hydrogens is 258 g/mol. The minimum absolute atomic E-state index is 0.0362. The molecule has 0 saturated carbocycles. The summed E-state index contributed by atoms with van der Waals surface area (Å²) in [6.07, 6.45) is 1.98. The number of benzene rings is 1. The van der Waals surface area contributed by atoms with Crippen LogP contribution in [0.25, 0.3) is 22.8 Å². The van der Waals surface area contributed by atoms with Gasteiger partial charge in [-0.2, -0.15) is 0 Å². The van der Waals surface area contributed by atoms with Crippen LogP contribution in [0.3, 0.4) is 0 Å². The van der Waals surface area contributed by atoms with E-state index in [9.17, 15) is 4.79 Å². The fourth-order valence-electron chi connectivity index (χ4n) is 2.80. The van der Waals surface area contributed by atoms with Gasteiger partial charge in [-0.15, -0.1) is 0 Å². The maximum Gasteiger partial charge on any atom is 0.256 e. The summed E-state index contributed by atoms with van der Waals surface area (Å²) in [5.41, 5.74) is 5.99. The first-order valence-corrected chi connectivity index (χ1v) is 6.93. The number of fused-ring (bicyclic) bond motifs is 2. The lowest BCUT2D eigenvalue weighted by molar-refractivity contribution is -0.110. The number of anilines is 1. The van der Waals surface area contributed by atoms with Gasteiger partial charge in [-0.05, 0) is 28.8 Å². The smallest absolute Gasteiger partial charge is 0.256 e. The van der Waals surface area contributed by atoms with E-state index in [0.29, 0.717) is 0 Å². The second-order valence-electron chi connectivity index (χ2n) is 5.13. The van der Waals surface area contributed by atoms with Gasteiger partial charge in [-0.1, -0.05) is 60.7 Å². The summed E-state index contributed by atoms with van der Waals surface area (Å²) in [5, 5.41) is 2.91. The van der Waals surface area contributed by atoms with E-state index in [-0.39, 0.29) is 5.91 Å². The molecule has 4 rings (SSSR count). The highest BCUT2D eigenvalue weighted by Crippen LogP contribution is 2.35. The predicted octanol–water partition coefficient (Wildman–Crippen LogP) is 4.28. The summed E-state index contributed by atoms with van der Waals surface area (Å²) >= 11 is 0. The minimum atomic E-state index is -0.0362. The van der Waals surface area contributed by atoms with Gasteiger partial charge < -0.3 is 5.32 Å². The Hall–Kier alpha value is -2.87. The highest BCUT2D eigenvalue weighted by Gasteiger charge is 2.23. The molecular formula is C19H13NO. The van der Waals surface area contributed by atoms with Gasteiger partial charge in [0.15, 0.2) is 0 Å². The average molecular weight is 271 g/mol. The molecule has 1 aliphatic heterocycles. The quantitative estimate of drug-likeness (QED) is 0.657. The van der Waals surface area contributed by atoms with Crippen molar-refractivity contribution in [1.82, 2.24) is 0 Å². The molecule has 0 bridgehead atoms. The molecule has 2 aliphatic carbocycles. The molecule has 0 aromatic heterocycles. The van der Waals surface area contributed by atoms with E-state index < -0.39 is 0 Å². The highest BCUT2D eigenvalue weighted by molar-refractivity contribution is 6.35. The molecule has 1 heterocycles. The van der Waals surface area contributed by atoms with E-state index in [1.54, 1.807) is 0 Å². The molecule has 21 heavy (non-hydrogen) atoms. The minimum Gasteiger partial charge on any atom is -0.321 e. The molecule has 0 spiro atoms. The van der Waals surface area contributed by atoms with Crippen molar-refractivity contribution >= 4 is 23.2 Å². The van der Waals surface area contributed by atoms with E-state index in [1.807, 2.05) is 48.5 Å². The van der Waals surface area contributed by atoms with E-state index in [4.69, 9.17) is 0 Å². The number of nitrogens with one attached hydrogen (secondary N) is 1. The van der Waals surface area contributed by atoms with Gasteiger partial charge in [0.05, 0.1) is 0 Å². The lowest BCUT2D eigenvalue weighted by Gasteiger charge is -1.99. The normalized spacial score (nSPS) is 15.2. The van der Waals surface area contributed by atoms with Crippen LogP contribution >= 0.6 is 0 Å². The Labute approximate surface area is 123 Å². The molecule has 1 N–H and O–H groups in total. The monoisotopic (exact) mass is 271 g/mol. The Morgan fingerprint density at radius 3 is 2.48 bits per heavy atom. The summed E-state index contributed by atoms with van der Waals surface area (Å²) in [7, 11) is 0. The van der Waals surface area contributed by atoms with Crippen LogP contribution in [0.1, 0.15) is 11.1 Å². The molecule has 1 aromatic carbocycles. The molecule has 2 nitrogen and oxygen atoms in total. The zero-order valence-corrected chi connectivity index (χ0v) is 11.3. The maximum absolute atomic E-state index is 12.2. The van der Waals surface area contributed by atoms with Gasteiger partial charge in [0.1, 0.15) is 0 Å². The van der Waals surface area contributed by atoms with Crippen molar-refractivity contribution in [2.24, 2.45) is 0 Å². The standard InChI is InChI=1S/C19H13NO/c21-19-17(16-8-4-5-9-18(16)20-19)12-14-11-10-13-6-2-1-3-7-15(13)14/h1-12H,(H,20,21)/b17-12+. The number of hydrogen-bond acceptors (Lipinski definition) is 1. The number of carbonyl (C=O) groups excluding carboxylic acids is 1. The maximum atomic E-state index is 12.2. The topological polar surface area (TPSA) is 29.1 Å². The first kappa shape index (κ1) is 11.9. The second-order valence-corrected chi connectivity index (χ2v) is 5.13. The lowest BCUT2D eigenvalue weighted by atomic mass is 10.0. The summed E-state index contributed by atoms with van der Waals surface area (Å²) < 4.78 is 0. The Kier molecular flexibility index (Phi) is 2.61. The summed E-state index contributed by atoms with van der Waals surface area (Å²) in [4.78, 5) is 12.2. The zero-order valence-electron chi connectivity index (χ0n) is 11.3. The van der Waals surface area contributed by atoms with E-state index in [0.717, 1.165) is 28.0 Å². The van der Waals surface area contributed by atoms with Crippen molar-refractivity contribution in [1.29, 1.82) is 0 Å². The predicted molar refractivity (Wildman–Crippen MR) is 86.0 cm³/mol. The second kappa shape index (κ2) is 4.60. The van der Waals surface area contributed by atoms with E-state index in [1.165, 1.54) is 5.56 Å². The van der Waals surface area contributed by atoms with Crippen molar-refractivity contribution in [3.63, 3.8) is 0 Å². The molecule has 0 atom stereocenters. The van der Waals surface area contributed by atoms with Crippen LogP contribution in [0.15, 0.2) is 66.7 Å². The Bertz CT molecular complexity index is 848. The Morgan fingerprint density at radius 2 is 1.52 bits per heavy atom. The van der Waals surface area contributed by atoms with Crippen LogP contribution in [-0.4, -0.2) is 5.91 Å². The molecule has 2 heteroatoms. The first-order chi connectivity index (χ1) is 10.3. The molecule has 3 aliphatic rings. The van der Waals surface area contributed by atoms with Crippen molar-refractivity contribution in [2.45, 2.75) is 0 Å². The third-order valence-corrected chi connectivity index (χ3v) is 3.84. The zero-order chi connectivity index (χ0) is 14.2. The number of rotatable bonds is 1. The highest BCUT2D eigenvalue weighted by atomic mass is 16.2. The third-order valence-electron chi connectivity index (χ3n) is 3.84. The van der Waals surface area contributed by atoms with Crippen molar-refractivity contribution in [3.05, 3.63) is 77.9 Å². The van der Waals surface area contributed by atoms with Gasteiger partial charge in [0, 0.05) is 16.8 Å². The molecule has 0 saturated heterocycles. The lowest BCUT2D eigenvalue weighted by Crippen LogP contribution is -2.03. The fourth-order valence-corrected chi connectivity index (χ4v) is 2.80. The van der Waals surface area contributed by atoms with Crippen molar-refractivity contribution in [3.8, 4) is 11.1 Å². The Balaban J connectivity index is 1.87. The molecule has 0 fully saturated rings. The van der Waals surface area contributed by atoms with Crippen LogP contribution in [0.2, 0.25) is 0 Å². The molecule has 100 valence electrons.